The zero-order chi connectivity index (χ0) is 19.0. The predicted octanol–water partition coefficient (Wildman–Crippen LogP) is 3.56. The van der Waals surface area contributed by atoms with Crippen LogP contribution >= 0.6 is 11.6 Å². The van der Waals surface area contributed by atoms with Gasteiger partial charge in [0, 0.05) is 16.7 Å². The molecule has 0 saturated carbocycles. The van der Waals surface area contributed by atoms with Crippen LogP contribution in [0, 0.1) is 0 Å². The smallest absolute Gasteiger partial charge is 0.333 e. The molecule has 2 aliphatic heterocycles. The number of halogens is 1. The van der Waals surface area contributed by atoms with Crippen LogP contribution in [0.25, 0.3) is 6.08 Å². The Morgan fingerprint density at radius 2 is 1.89 bits per heavy atom. The number of nitrogens with zero attached hydrogens (tertiary/aromatic N) is 1. The molecule has 2 aromatic rings. The summed E-state index contributed by atoms with van der Waals surface area (Å²) in [4.78, 5) is 26.1. The molecule has 8 heteroatoms. The van der Waals surface area contributed by atoms with Gasteiger partial charge in [0.25, 0.3) is 5.91 Å². The van der Waals surface area contributed by atoms with Crippen molar-refractivity contribution < 1.29 is 23.8 Å². The second-order valence-corrected chi connectivity index (χ2v) is 6.22. The van der Waals surface area contributed by atoms with E-state index < -0.39 is 11.9 Å². The summed E-state index contributed by atoms with van der Waals surface area (Å²) in [6, 6.07) is 9.33. The molecule has 138 valence electrons. The van der Waals surface area contributed by atoms with Crippen LogP contribution in [0.15, 0.2) is 42.1 Å². The van der Waals surface area contributed by atoms with Gasteiger partial charge in [0.2, 0.25) is 6.79 Å². The summed E-state index contributed by atoms with van der Waals surface area (Å²) in [5.41, 5.74) is 1.17. The zero-order valence-corrected chi connectivity index (χ0v) is 15.1. The molecule has 3 amide bonds. The Morgan fingerprint density at radius 1 is 1.19 bits per heavy atom. The molecule has 1 saturated heterocycles. The Hall–Kier alpha value is -3.19. The number of ether oxygens (including phenoxy) is 3. The first-order chi connectivity index (χ1) is 13.1. The van der Waals surface area contributed by atoms with Gasteiger partial charge in [-0.15, -0.1) is 0 Å². The average Bonchev–Trinajstić information content (AvgIpc) is 3.20. The fourth-order valence-electron chi connectivity index (χ4n) is 2.85. The molecular weight excluding hydrogens is 372 g/mol. The number of hydrogen-bond donors (Lipinski definition) is 1. The molecule has 2 aromatic carbocycles. The van der Waals surface area contributed by atoms with Crippen LogP contribution in [-0.2, 0) is 4.79 Å². The van der Waals surface area contributed by atoms with Gasteiger partial charge in [-0.05, 0) is 43.3 Å². The minimum absolute atomic E-state index is 0.126. The van der Waals surface area contributed by atoms with Gasteiger partial charge in [-0.2, -0.15) is 0 Å². The Kier molecular flexibility index (Phi) is 4.37. The highest BCUT2D eigenvalue weighted by Gasteiger charge is 2.35. The van der Waals surface area contributed by atoms with E-state index in [2.05, 4.69) is 5.32 Å². The summed E-state index contributed by atoms with van der Waals surface area (Å²) in [6.07, 6.45) is 1.56. The van der Waals surface area contributed by atoms with Crippen molar-refractivity contribution in [3.05, 3.63) is 52.7 Å². The highest BCUT2D eigenvalue weighted by molar-refractivity contribution is 6.31. The number of amides is 3. The summed E-state index contributed by atoms with van der Waals surface area (Å²) >= 11 is 5.87. The molecule has 0 radical (unpaired) electrons. The van der Waals surface area contributed by atoms with E-state index in [-0.39, 0.29) is 12.5 Å². The number of anilines is 1. The number of carbonyl (C=O) groups is 2. The van der Waals surface area contributed by atoms with Crippen molar-refractivity contribution in [2.75, 3.05) is 18.3 Å². The van der Waals surface area contributed by atoms with E-state index in [1.165, 1.54) is 0 Å². The van der Waals surface area contributed by atoms with Crippen molar-refractivity contribution >= 4 is 35.3 Å². The normalized spacial score (nSPS) is 16.8. The van der Waals surface area contributed by atoms with Crippen LogP contribution in [0.2, 0.25) is 5.02 Å². The SMILES string of the molecule is CCOc1cc2c(cc1/C=C1/NC(=O)N(c3ccc(Cl)cc3)C1=O)OCO2. The third kappa shape index (κ3) is 3.17. The van der Waals surface area contributed by atoms with E-state index >= 15 is 0 Å². The molecule has 0 spiro atoms. The van der Waals surface area contributed by atoms with Crippen molar-refractivity contribution in [2.45, 2.75) is 6.92 Å². The highest BCUT2D eigenvalue weighted by atomic mass is 35.5. The van der Waals surface area contributed by atoms with Crippen molar-refractivity contribution in [2.24, 2.45) is 0 Å². The molecule has 0 unspecified atom stereocenters. The summed E-state index contributed by atoms with van der Waals surface area (Å²) < 4.78 is 16.4. The van der Waals surface area contributed by atoms with E-state index in [1.54, 1.807) is 42.5 Å². The summed E-state index contributed by atoms with van der Waals surface area (Å²) in [6.45, 7) is 2.42. The fourth-order valence-corrected chi connectivity index (χ4v) is 2.97. The van der Waals surface area contributed by atoms with Gasteiger partial charge in [0.1, 0.15) is 11.4 Å². The average molecular weight is 387 g/mol. The standard InChI is InChI=1S/C19H15ClN2O5/c1-2-25-15-9-17-16(26-10-27-17)8-11(15)7-14-18(23)22(19(24)21-14)13-5-3-12(20)4-6-13/h3-9H,2,10H2,1H3,(H,21,24)/b14-7+. The number of urea groups is 1. The molecular formula is C19H15ClN2O5. The first-order valence-corrected chi connectivity index (χ1v) is 8.63. The number of imide groups is 1. The van der Waals surface area contributed by atoms with Gasteiger partial charge in [0.05, 0.1) is 12.3 Å². The van der Waals surface area contributed by atoms with Crippen molar-refractivity contribution in [3.8, 4) is 17.2 Å². The third-order valence-electron chi connectivity index (χ3n) is 4.07. The first-order valence-electron chi connectivity index (χ1n) is 8.26. The minimum atomic E-state index is -0.535. The van der Waals surface area contributed by atoms with E-state index in [0.29, 0.717) is 40.1 Å². The van der Waals surface area contributed by atoms with Gasteiger partial charge in [-0.1, -0.05) is 11.6 Å². The van der Waals surface area contributed by atoms with Gasteiger partial charge in [-0.3, -0.25) is 4.79 Å². The number of benzene rings is 2. The lowest BCUT2D eigenvalue weighted by molar-refractivity contribution is -0.113. The molecule has 0 aromatic heterocycles. The maximum Gasteiger partial charge on any atom is 0.333 e. The molecule has 2 aliphatic rings. The monoisotopic (exact) mass is 386 g/mol. The lowest BCUT2D eigenvalue weighted by atomic mass is 10.1. The predicted molar refractivity (Wildman–Crippen MR) is 99.2 cm³/mol. The molecule has 0 bridgehead atoms. The number of carbonyl (C=O) groups excluding carboxylic acids is 2. The van der Waals surface area contributed by atoms with Crippen LogP contribution < -0.4 is 24.4 Å². The summed E-state index contributed by atoms with van der Waals surface area (Å²) in [5, 5.41) is 3.11. The molecule has 1 fully saturated rings. The molecule has 4 rings (SSSR count). The molecule has 2 heterocycles. The highest BCUT2D eigenvalue weighted by Crippen LogP contribution is 2.39. The third-order valence-corrected chi connectivity index (χ3v) is 4.32. The Labute approximate surface area is 160 Å². The Bertz CT molecular complexity index is 955. The fraction of sp³-hybridized carbons (Fsp3) is 0.158. The molecule has 0 atom stereocenters. The van der Waals surface area contributed by atoms with E-state index in [1.807, 2.05) is 6.92 Å². The quantitative estimate of drug-likeness (QED) is 0.642. The second kappa shape index (κ2) is 6.85. The van der Waals surface area contributed by atoms with Gasteiger partial charge in [0.15, 0.2) is 11.5 Å². The lowest BCUT2D eigenvalue weighted by Crippen LogP contribution is -2.30. The van der Waals surface area contributed by atoms with E-state index in [0.717, 1.165) is 4.90 Å². The maximum atomic E-state index is 12.8. The number of rotatable bonds is 4. The van der Waals surface area contributed by atoms with Crippen molar-refractivity contribution in [1.29, 1.82) is 0 Å². The van der Waals surface area contributed by atoms with E-state index in [9.17, 15) is 9.59 Å². The topological polar surface area (TPSA) is 77.1 Å². The van der Waals surface area contributed by atoms with Crippen LogP contribution in [0.1, 0.15) is 12.5 Å². The van der Waals surface area contributed by atoms with Crippen molar-refractivity contribution in [3.63, 3.8) is 0 Å². The van der Waals surface area contributed by atoms with Crippen LogP contribution in [-0.4, -0.2) is 25.3 Å². The zero-order valence-electron chi connectivity index (χ0n) is 14.3. The van der Waals surface area contributed by atoms with Crippen LogP contribution in [0.3, 0.4) is 0 Å². The number of nitrogens with one attached hydrogen (secondary N) is 1. The van der Waals surface area contributed by atoms with Gasteiger partial charge in [-0.25, -0.2) is 9.69 Å². The Morgan fingerprint density at radius 3 is 2.59 bits per heavy atom. The maximum absolute atomic E-state index is 12.8. The first kappa shape index (κ1) is 17.2. The molecule has 7 nitrogen and oxygen atoms in total. The molecule has 1 N–H and O–H groups in total. The number of hydrogen-bond acceptors (Lipinski definition) is 5. The number of fused-ring (bicyclic) bond motifs is 1. The molecule has 27 heavy (non-hydrogen) atoms. The van der Waals surface area contributed by atoms with E-state index in [4.69, 9.17) is 25.8 Å². The minimum Gasteiger partial charge on any atom is -0.493 e. The lowest BCUT2D eigenvalue weighted by Gasteiger charge is -2.11. The van der Waals surface area contributed by atoms with Gasteiger partial charge < -0.3 is 19.5 Å². The van der Waals surface area contributed by atoms with Crippen LogP contribution in [0.4, 0.5) is 10.5 Å². The van der Waals surface area contributed by atoms with Gasteiger partial charge >= 0.3 is 6.03 Å². The van der Waals surface area contributed by atoms with Crippen LogP contribution in [0.5, 0.6) is 17.2 Å². The molecule has 0 aliphatic carbocycles. The van der Waals surface area contributed by atoms with Crippen molar-refractivity contribution in [1.82, 2.24) is 5.32 Å². The Balaban J connectivity index is 1.69. The largest absolute Gasteiger partial charge is 0.493 e. The summed E-state index contributed by atoms with van der Waals surface area (Å²) in [7, 11) is 0. The second-order valence-electron chi connectivity index (χ2n) is 5.78. The summed E-state index contributed by atoms with van der Waals surface area (Å²) in [5.74, 6) is 1.19.